The van der Waals surface area contributed by atoms with Crippen LogP contribution in [0.5, 0.6) is 0 Å². The fourth-order valence-electron chi connectivity index (χ4n) is 2.13. The van der Waals surface area contributed by atoms with Gasteiger partial charge in [0.2, 0.25) is 0 Å². The van der Waals surface area contributed by atoms with Crippen molar-refractivity contribution in [2.45, 2.75) is 32.1 Å². The van der Waals surface area contributed by atoms with Crippen molar-refractivity contribution in [3.63, 3.8) is 0 Å². The molecule has 0 spiro atoms. The maximum absolute atomic E-state index is 8.90. The highest BCUT2D eigenvalue weighted by molar-refractivity contribution is 6.02. The van der Waals surface area contributed by atoms with Gasteiger partial charge in [0.05, 0.1) is 5.71 Å². The lowest BCUT2D eigenvalue weighted by molar-refractivity contribution is 0.315. The molecule has 0 amide bonds. The summed E-state index contributed by atoms with van der Waals surface area (Å²) in [7, 11) is 0. The fourth-order valence-corrected chi connectivity index (χ4v) is 2.13. The van der Waals surface area contributed by atoms with Crippen LogP contribution in [-0.4, -0.2) is 10.9 Å². The van der Waals surface area contributed by atoms with Crippen molar-refractivity contribution in [1.29, 1.82) is 0 Å². The van der Waals surface area contributed by atoms with Crippen molar-refractivity contribution >= 4 is 5.71 Å². The first-order valence-corrected chi connectivity index (χ1v) is 4.96. The molecule has 0 aliphatic heterocycles. The number of oxime groups is 1. The molecule has 0 aromatic heterocycles. The van der Waals surface area contributed by atoms with Gasteiger partial charge in [0.1, 0.15) is 0 Å². The van der Waals surface area contributed by atoms with Gasteiger partial charge in [-0.25, -0.2) is 0 Å². The summed E-state index contributed by atoms with van der Waals surface area (Å²) in [4.78, 5) is 0. The normalized spacial score (nSPS) is 22.0. The van der Waals surface area contributed by atoms with Crippen LogP contribution in [0.15, 0.2) is 29.4 Å². The van der Waals surface area contributed by atoms with Gasteiger partial charge in [0.25, 0.3) is 0 Å². The molecular formula is C12H15NO. The summed E-state index contributed by atoms with van der Waals surface area (Å²) in [5.41, 5.74) is 3.41. The lowest BCUT2D eigenvalue weighted by Gasteiger charge is -2.32. The molecule has 2 heteroatoms. The van der Waals surface area contributed by atoms with Crippen LogP contribution in [0, 0.1) is 0 Å². The maximum atomic E-state index is 8.90. The molecule has 1 aromatic rings. The van der Waals surface area contributed by atoms with E-state index >= 15 is 0 Å². The highest BCUT2D eigenvalue weighted by atomic mass is 16.4. The third-order valence-corrected chi connectivity index (χ3v) is 3.07. The van der Waals surface area contributed by atoms with Gasteiger partial charge in [-0.1, -0.05) is 43.3 Å². The summed E-state index contributed by atoms with van der Waals surface area (Å²) in [6, 6.07) is 8.19. The van der Waals surface area contributed by atoms with Gasteiger partial charge in [0, 0.05) is 5.56 Å². The summed E-state index contributed by atoms with van der Waals surface area (Å²) in [5.74, 6) is 0. The molecule has 0 heterocycles. The van der Waals surface area contributed by atoms with Gasteiger partial charge >= 0.3 is 0 Å². The number of nitrogens with zero attached hydrogens (tertiary/aromatic N) is 1. The first-order chi connectivity index (χ1) is 6.65. The smallest absolute Gasteiger partial charge is 0.0871 e. The van der Waals surface area contributed by atoms with Crippen LogP contribution in [0.1, 0.15) is 37.8 Å². The van der Waals surface area contributed by atoms with Crippen LogP contribution in [0.2, 0.25) is 0 Å². The van der Waals surface area contributed by atoms with E-state index in [2.05, 4.69) is 25.1 Å². The minimum Gasteiger partial charge on any atom is -0.411 e. The van der Waals surface area contributed by atoms with E-state index in [4.69, 9.17) is 5.21 Å². The van der Waals surface area contributed by atoms with Gasteiger partial charge in [-0.15, -0.1) is 0 Å². The third-order valence-electron chi connectivity index (χ3n) is 3.07. The highest BCUT2D eigenvalue weighted by Gasteiger charge is 2.30. The molecule has 2 nitrogen and oxygen atoms in total. The Balaban J connectivity index is 2.61. The first-order valence-electron chi connectivity index (χ1n) is 4.96. The number of fused-ring (bicyclic) bond motifs is 1. The monoisotopic (exact) mass is 189 g/mol. The standard InChI is InChI=1S/C12H15NO/c1-12(2)8-7-11(13-14)9-5-3-4-6-10(9)12/h3-6,14H,7-8H2,1-2H3/b13-11+. The Hall–Kier alpha value is -1.31. The van der Waals surface area contributed by atoms with Crippen LogP contribution < -0.4 is 0 Å². The van der Waals surface area contributed by atoms with E-state index < -0.39 is 0 Å². The fraction of sp³-hybridized carbons (Fsp3) is 0.417. The van der Waals surface area contributed by atoms with Crippen LogP contribution in [0.25, 0.3) is 0 Å². The minimum absolute atomic E-state index is 0.199. The van der Waals surface area contributed by atoms with Crippen LogP contribution in [-0.2, 0) is 5.41 Å². The number of hydrogen-bond donors (Lipinski definition) is 1. The number of hydrogen-bond acceptors (Lipinski definition) is 2. The van der Waals surface area contributed by atoms with Gasteiger partial charge in [0.15, 0.2) is 0 Å². The van der Waals surface area contributed by atoms with E-state index in [1.165, 1.54) is 5.56 Å². The zero-order chi connectivity index (χ0) is 10.2. The lowest BCUT2D eigenvalue weighted by Crippen LogP contribution is -2.27. The largest absolute Gasteiger partial charge is 0.411 e. The molecular weight excluding hydrogens is 174 g/mol. The van der Waals surface area contributed by atoms with E-state index in [0.717, 1.165) is 24.1 Å². The predicted molar refractivity (Wildman–Crippen MR) is 57.0 cm³/mol. The molecule has 0 fully saturated rings. The summed E-state index contributed by atoms with van der Waals surface area (Å²) in [6.07, 6.45) is 1.91. The molecule has 1 N–H and O–H groups in total. The Bertz CT molecular complexity index is 380. The van der Waals surface area contributed by atoms with Crippen LogP contribution in [0.4, 0.5) is 0 Å². The van der Waals surface area contributed by atoms with E-state index in [1.807, 2.05) is 18.2 Å². The van der Waals surface area contributed by atoms with Crippen molar-refractivity contribution < 1.29 is 5.21 Å². The van der Waals surface area contributed by atoms with Crippen LogP contribution in [0.3, 0.4) is 0 Å². The summed E-state index contributed by atoms with van der Waals surface area (Å²) >= 11 is 0. The SMILES string of the molecule is CC1(C)CC/C(=N\O)c2ccccc21. The molecule has 0 unspecified atom stereocenters. The third kappa shape index (κ3) is 1.31. The molecule has 1 aliphatic rings. The van der Waals surface area contributed by atoms with Gasteiger partial charge in [-0.2, -0.15) is 0 Å². The second kappa shape index (κ2) is 3.12. The topological polar surface area (TPSA) is 32.6 Å². The molecule has 0 radical (unpaired) electrons. The predicted octanol–water partition coefficient (Wildman–Crippen LogP) is 2.94. The van der Waals surface area contributed by atoms with Crippen LogP contribution >= 0.6 is 0 Å². The summed E-state index contributed by atoms with van der Waals surface area (Å²) in [6.45, 7) is 4.47. The summed E-state index contributed by atoms with van der Waals surface area (Å²) < 4.78 is 0. The van der Waals surface area contributed by atoms with Crippen molar-refractivity contribution in [2.24, 2.45) is 5.16 Å². The quantitative estimate of drug-likeness (QED) is 0.494. The molecule has 0 atom stereocenters. The van der Waals surface area contributed by atoms with Gasteiger partial charge < -0.3 is 5.21 Å². The van der Waals surface area contributed by atoms with Crippen molar-refractivity contribution in [2.75, 3.05) is 0 Å². The lowest BCUT2D eigenvalue weighted by atomic mass is 9.72. The van der Waals surface area contributed by atoms with Gasteiger partial charge in [-0.05, 0) is 23.8 Å². The molecule has 0 bridgehead atoms. The molecule has 1 aliphatic carbocycles. The highest BCUT2D eigenvalue weighted by Crippen LogP contribution is 2.36. The second-order valence-corrected chi connectivity index (χ2v) is 4.48. The Morgan fingerprint density at radius 3 is 2.71 bits per heavy atom. The Kier molecular flexibility index (Phi) is 2.06. The molecule has 14 heavy (non-hydrogen) atoms. The summed E-state index contributed by atoms with van der Waals surface area (Å²) in [5, 5.41) is 12.3. The zero-order valence-electron chi connectivity index (χ0n) is 8.62. The minimum atomic E-state index is 0.199. The number of benzene rings is 1. The van der Waals surface area contributed by atoms with Gasteiger partial charge in [-0.3, -0.25) is 0 Å². The molecule has 2 rings (SSSR count). The Labute approximate surface area is 84.3 Å². The van der Waals surface area contributed by atoms with E-state index in [0.29, 0.717) is 0 Å². The van der Waals surface area contributed by atoms with Crippen molar-refractivity contribution in [1.82, 2.24) is 0 Å². The van der Waals surface area contributed by atoms with E-state index in [9.17, 15) is 0 Å². The van der Waals surface area contributed by atoms with E-state index in [1.54, 1.807) is 0 Å². The van der Waals surface area contributed by atoms with Crippen molar-refractivity contribution in [3.05, 3.63) is 35.4 Å². The Morgan fingerprint density at radius 2 is 2.00 bits per heavy atom. The molecule has 0 saturated heterocycles. The Morgan fingerprint density at radius 1 is 1.29 bits per heavy atom. The van der Waals surface area contributed by atoms with E-state index in [-0.39, 0.29) is 5.41 Å². The van der Waals surface area contributed by atoms with Crippen molar-refractivity contribution in [3.8, 4) is 0 Å². The molecule has 74 valence electrons. The average Bonchev–Trinajstić information content (AvgIpc) is 2.18. The second-order valence-electron chi connectivity index (χ2n) is 4.48. The number of rotatable bonds is 0. The first kappa shape index (κ1) is 9.25. The maximum Gasteiger partial charge on any atom is 0.0871 e. The molecule has 1 aromatic carbocycles. The molecule has 0 saturated carbocycles. The zero-order valence-corrected chi connectivity index (χ0v) is 8.62. The average molecular weight is 189 g/mol.